The van der Waals surface area contributed by atoms with E-state index in [2.05, 4.69) is 78.9 Å². The van der Waals surface area contributed by atoms with Gasteiger partial charge >= 0.3 is 0 Å². The van der Waals surface area contributed by atoms with Gasteiger partial charge in [-0.1, -0.05) is 48.6 Å². The Morgan fingerprint density at radius 1 is 0.750 bits per heavy atom. The molecule has 0 spiro atoms. The molecule has 0 aromatic heterocycles. The van der Waals surface area contributed by atoms with E-state index in [1.54, 1.807) is 4.91 Å². The Labute approximate surface area is 124 Å². The SMILES string of the molecule is C1=CCCCC([S+](c2ccccc2)c2ccccc2)=C1. The first-order chi connectivity index (χ1) is 9.95. The third-order valence-corrected chi connectivity index (χ3v) is 5.78. The van der Waals surface area contributed by atoms with Crippen LogP contribution < -0.4 is 0 Å². The maximum atomic E-state index is 2.33. The van der Waals surface area contributed by atoms with Gasteiger partial charge in [-0.3, -0.25) is 0 Å². The summed E-state index contributed by atoms with van der Waals surface area (Å²) in [4.78, 5) is 4.39. The van der Waals surface area contributed by atoms with Crippen molar-refractivity contribution < 1.29 is 0 Å². The second-order valence-corrected chi connectivity index (χ2v) is 6.97. The molecule has 2 aromatic rings. The van der Waals surface area contributed by atoms with Crippen LogP contribution in [-0.2, 0) is 10.9 Å². The molecule has 0 saturated heterocycles. The molecule has 0 bridgehead atoms. The van der Waals surface area contributed by atoms with Crippen molar-refractivity contribution in [2.24, 2.45) is 0 Å². The summed E-state index contributed by atoms with van der Waals surface area (Å²) in [6.07, 6.45) is 10.5. The third kappa shape index (κ3) is 3.05. The summed E-state index contributed by atoms with van der Waals surface area (Å²) in [5.74, 6) is 0. The largest absolute Gasteiger partial charge is 0.166 e. The summed E-state index contributed by atoms with van der Waals surface area (Å²) in [6.45, 7) is 0. The number of hydrogen-bond acceptors (Lipinski definition) is 0. The average Bonchev–Trinajstić information content (AvgIpc) is 2.79. The predicted octanol–water partition coefficient (Wildman–Crippen LogP) is 5.35. The van der Waals surface area contributed by atoms with Gasteiger partial charge in [0.15, 0.2) is 9.79 Å². The highest BCUT2D eigenvalue weighted by molar-refractivity contribution is 8.00. The van der Waals surface area contributed by atoms with Crippen LogP contribution in [0.3, 0.4) is 0 Å². The maximum absolute atomic E-state index is 2.33. The molecule has 2 aromatic carbocycles. The molecule has 0 radical (unpaired) electrons. The first kappa shape index (κ1) is 13.3. The van der Waals surface area contributed by atoms with Crippen molar-refractivity contribution >= 4 is 10.9 Å². The van der Waals surface area contributed by atoms with Gasteiger partial charge in [-0.05, 0) is 43.2 Å². The molecule has 0 amide bonds. The number of hydrogen-bond donors (Lipinski definition) is 0. The summed E-state index contributed by atoms with van der Waals surface area (Å²) in [7, 11) is 0.0611. The van der Waals surface area contributed by atoms with E-state index in [9.17, 15) is 0 Å². The molecule has 0 heterocycles. The van der Waals surface area contributed by atoms with Gasteiger partial charge in [0.25, 0.3) is 0 Å². The van der Waals surface area contributed by atoms with Crippen molar-refractivity contribution in [3.05, 3.63) is 83.8 Å². The molecule has 100 valence electrons. The van der Waals surface area contributed by atoms with E-state index in [-0.39, 0.29) is 10.9 Å². The Morgan fingerprint density at radius 2 is 1.35 bits per heavy atom. The van der Waals surface area contributed by atoms with Crippen LogP contribution in [0, 0.1) is 0 Å². The van der Waals surface area contributed by atoms with Crippen molar-refractivity contribution in [1.82, 2.24) is 0 Å². The van der Waals surface area contributed by atoms with Gasteiger partial charge in [0, 0.05) is 6.42 Å². The van der Waals surface area contributed by atoms with Crippen LogP contribution in [0.15, 0.2) is 93.6 Å². The molecule has 0 unspecified atom stereocenters. The van der Waals surface area contributed by atoms with Crippen molar-refractivity contribution in [2.45, 2.75) is 29.1 Å². The molecule has 3 rings (SSSR count). The van der Waals surface area contributed by atoms with E-state index in [0.29, 0.717) is 0 Å². The number of rotatable bonds is 3. The average molecular weight is 279 g/mol. The van der Waals surface area contributed by atoms with Gasteiger partial charge in [0.1, 0.15) is 4.91 Å². The van der Waals surface area contributed by atoms with Crippen LogP contribution in [0.1, 0.15) is 19.3 Å². The van der Waals surface area contributed by atoms with Gasteiger partial charge in [-0.25, -0.2) is 0 Å². The summed E-state index contributed by atoms with van der Waals surface area (Å²) in [5.41, 5.74) is 0. The van der Waals surface area contributed by atoms with Crippen molar-refractivity contribution in [2.75, 3.05) is 0 Å². The molecule has 0 N–H and O–H groups in total. The van der Waals surface area contributed by atoms with Gasteiger partial charge in [-0.15, -0.1) is 0 Å². The van der Waals surface area contributed by atoms with Crippen LogP contribution >= 0.6 is 0 Å². The molecule has 1 aliphatic carbocycles. The van der Waals surface area contributed by atoms with E-state index < -0.39 is 0 Å². The zero-order valence-corrected chi connectivity index (χ0v) is 12.4. The second kappa shape index (κ2) is 6.62. The molecule has 0 nitrogen and oxygen atoms in total. The van der Waals surface area contributed by atoms with Crippen LogP contribution in [0.5, 0.6) is 0 Å². The molecule has 1 heteroatoms. The van der Waals surface area contributed by atoms with Gasteiger partial charge in [0.2, 0.25) is 0 Å². The summed E-state index contributed by atoms with van der Waals surface area (Å²) >= 11 is 0. The first-order valence-electron chi connectivity index (χ1n) is 7.15. The minimum atomic E-state index is 0.0611. The minimum absolute atomic E-state index is 0.0611. The summed E-state index contributed by atoms with van der Waals surface area (Å²) in [5, 5.41) is 0. The molecule has 0 atom stereocenters. The Balaban J connectivity index is 2.04. The molecular formula is C19H19S+. The smallest absolute Gasteiger partial charge is 0.0844 e. The quantitative estimate of drug-likeness (QED) is 0.665. The summed E-state index contributed by atoms with van der Waals surface area (Å²) < 4.78 is 0. The predicted molar refractivity (Wildman–Crippen MR) is 87.9 cm³/mol. The monoisotopic (exact) mass is 279 g/mol. The standard InChI is InChI=1S/C19H19S/c1-2-6-12-17(11-5-1)20(18-13-7-3-8-14-18)19-15-9-4-10-16-19/h1,3-5,7-11,13-16H,2,6,12H2/q+1. The lowest BCUT2D eigenvalue weighted by molar-refractivity contribution is 0.866. The van der Waals surface area contributed by atoms with Gasteiger partial charge < -0.3 is 0 Å². The molecule has 0 saturated carbocycles. The Hall–Kier alpha value is -1.73. The first-order valence-corrected chi connectivity index (χ1v) is 8.38. The fourth-order valence-corrected chi connectivity index (χ4v) is 4.77. The van der Waals surface area contributed by atoms with Crippen LogP contribution in [0.2, 0.25) is 0 Å². The van der Waals surface area contributed by atoms with E-state index in [1.807, 2.05) is 0 Å². The molecular weight excluding hydrogens is 260 g/mol. The Kier molecular flexibility index (Phi) is 4.39. The highest BCUT2D eigenvalue weighted by Crippen LogP contribution is 2.33. The van der Waals surface area contributed by atoms with Crippen LogP contribution in [-0.4, -0.2) is 0 Å². The molecule has 20 heavy (non-hydrogen) atoms. The van der Waals surface area contributed by atoms with Crippen molar-refractivity contribution in [3.63, 3.8) is 0 Å². The third-order valence-electron chi connectivity index (χ3n) is 3.43. The fourth-order valence-electron chi connectivity index (χ4n) is 2.47. The van der Waals surface area contributed by atoms with Crippen molar-refractivity contribution in [3.8, 4) is 0 Å². The van der Waals surface area contributed by atoms with Gasteiger partial charge in [0.05, 0.1) is 10.9 Å². The van der Waals surface area contributed by atoms with Crippen molar-refractivity contribution in [1.29, 1.82) is 0 Å². The normalized spacial score (nSPS) is 14.9. The molecule has 0 fully saturated rings. The lowest BCUT2D eigenvalue weighted by atomic mass is 10.2. The maximum Gasteiger partial charge on any atom is 0.166 e. The number of benzene rings is 2. The number of allylic oxidation sites excluding steroid dienone is 4. The minimum Gasteiger partial charge on any atom is -0.0844 e. The zero-order valence-electron chi connectivity index (χ0n) is 11.5. The Bertz CT molecular complexity index is 557. The highest BCUT2D eigenvalue weighted by atomic mass is 32.2. The molecule has 0 aliphatic heterocycles. The van der Waals surface area contributed by atoms with E-state index >= 15 is 0 Å². The molecule has 1 aliphatic rings. The fraction of sp³-hybridized carbons (Fsp3) is 0.158. The van der Waals surface area contributed by atoms with Crippen LogP contribution in [0.4, 0.5) is 0 Å². The Morgan fingerprint density at radius 3 is 1.95 bits per heavy atom. The van der Waals surface area contributed by atoms with E-state index in [0.717, 1.165) is 0 Å². The lowest BCUT2D eigenvalue weighted by Crippen LogP contribution is -2.07. The van der Waals surface area contributed by atoms with E-state index in [1.165, 1.54) is 29.1 Å². The van der Waals surface area contributed by atoms with Crippen LogP contribution in [0.25, 0.3) is 0 Å². The topological polar surface area (TPSA) is 0 Å². The summed E-state index contributed by atoms with van der Waals surface area (Å²) in [6, 6.07) is 21.8. The second-order valence-electron chi connectivity index (χ2n) is 4.89. The van der Waals surface area contributed by atoms with E-state index in [4.69, 9.17) is 0 Å². The highest BCUT2D eigenvalue weighted by Gasteiger charge is 2.30. The zero-order chi connectivity index (χ0) is 13.6. The van der Waals surface area contributed by atoms with Gasteiger partial charge in [-0.2, -0.15) is 0 Å². The lowest BCUT2D eigenvalue weighted by Gasteiger charge is -2.10.